The van der Waals surface area contributed by atoms with Crippen LogP contribution < -0.4 is 10.6 Å². The normalized spacial score (nSPS) is 22.3. The van der Waals surface area contributed by atoms with Gasteiger partial charge in [0, 0.05) is 24.7 Å². The summed E-state index contributed by atoms with van der Waals surface area (Å²) in [5, 5.41) is 17.0. The van der Waals surface area contributed by atoms with Crippen LogP contribution in [-0.2, 0) is 14.8 Å². The molecule has 1 amide bonds. The van der Waals surface area contributed by atoms with Gasteiger partial charge in [0.15, 0.2) is 0 Å². The molecule has 3 rings (SSSR count). The Labute approximate surface area is 158 Å². The smallest absolute Gasteiger partial charge is 0.269 e. The largest absolute Gasteiger partial charge is 0.352 e. The molecule has 27 heavy (non-hydrogen) atoms. The van der Waals surface area contributed by atoms with Gasteiger partial charge in [-0.05, 0) is 50.9 Å². The number of nitrogens with one attached hydrogen (secondary N) is 2. The maximum atomic E-state index is 13.0. The van der Waals surface area contributed by atoms with E-state index in [1.807, 2.05) is 0 Å². The molecule has 10 heteroatoms. The lowest BCUT2D eigenvalue weighted by Gasteiger charge is -2.35. The molecule has 0 saturated carbocycles. The Morgan fingerprint density at radius 1 is 1.15 bits per heavy atom. The monoisotopic (exact) mass is 396 g/mol. The maximum Gasteiger partial charge on any atom is 0.269 e. The number of amides is 1. The van der Waals surface area contributed by atoms with Crippen molar-refractivity contribution in [3.63, 3.8) is 0 Å². The summed E-state index contributed by atoms with van der Waals surface area (Å²) in [5.74, 6) is -0.257. The molecule has 2 aliphatic heterocycles. The van der Waals surface area contributed by atoms with Crippen LogP contribution in [0.3, 0.4) is 0 Å². The van der Waals surface area contributed by atoms with Crippen LogP contribution in [0, 0.1) is 10.1 Å². The van der Waals surface area contributed by atoms with Crippen molar-refractivity contribution >= 4 is 21.6 Å². The number of piperidine rings is 2. The summed E-state index contributed by atoms with van der Waals surface area (Å²) < 4.78 is 27.3. The minimum absolute atomic E-state index is 0.0327. The third kappa shape index (κ3) is 4.45. The van der Waals surface area contributed by atoms with Crippen molar-refractivity contribution in [2.75, 3.05) is 19.6 Å². The van der Waals surface area contributed by atoms with E-state index in [0.29, 0.717) is 12.8 Å². The molecule has 0 aliphatic carbocycles. The van der Waals surface area contributed by atoms with Crippen LogP contribution >= 0.6 is 0 Å². The number of nitrogens with zero attached hydrogens (tertiary/aromatic N) is 2. The number of nitro benzene ring substituents is 1. The molecule has 1 aromatic rings. The number of benzene rings is 1. The molecule has 0 bridgehead atoms. The minimum atomic E-state index is -3.90. The summed E-state index contributed by atoms with van der Waals surface area (Å²) in [6.45, 7) is 1.93. The van der Waals surface area contributed by atoms with Crippen LogP contribution in [0.5, 0.6) is 0 Å². The van der Waals surface area contributed by atoms with Crippen LogP contribution in [0.15, 0.2) is 29.2 Å². The van der Waals surface area contributed by atoms with E-state index < -0.39 is 21.0 Å². The summed E-state index contributed by atoms with van der Waals surface area (Å²) in [7, 11) is -3.90. The van der Waals surface area contributed by atoms with Crippen molar-refractivity contribution in [1.29, 1.82) is 0 Å². The second-order valence-corrected chi connectivity index (χ2v) is 8.80. The van der Waals surface area contributed by atoms with Gasteiger partial charge in [-0.3, -0.25) is 14.9 Å². The molecule has 2 saturated heterocycles. The van der Waals surface area contributed by atoms with Gasteiger partial charge < -0.3 is 10.6 Å². The molecular formula is C17H24N4O5S. The fraction of sp³-hybridized carbons (Fsp3) is 0.588. The Bertz CT molecular complexity index is 790. The third-order valence-electron chi connectivity index (χ3n) is 5.10. The summed E-state index contributed by atoms with van der Waals surface area (Å²) in [6, 6.07) is 4.11. The number of non-ortho nitro benzene ring substituents is 1. The van der Waals surface area contributed by atoms with Gasteiger partial charge in [-0.1, -0.05) is 6.42 Å². The fourth-order valence-electron chi connectivity index (χ4n) is 3.59. The molecule has 2 N–H and O–H groups in total. The van der Waals surface area contributed by atoms with Crippen molar-refractivity contribution in [3.8, 4) is 0 Å². The van der Waals surface area contributed by atoms with Crippen LogP contribution in [0.4, 0.5) is 5.69 Å². The first-order valence-electron chi connectivity index (χ1n) is 9.17. The first-order valence-corrected chi connectivity index (χ1v) is 10.6. The van der Waals surface area contributed by atoms with E-state index in [1.54, 1.807) is 0 Å². The van der Waals surface area contributed by atoms with Crippen molar-refractivity contribution in [2.45, 2.75) is 49.1 Å². The van der Waals surface area contributed by atoms with Gasteiger partial charge in [0.1, 0.15) is 6.04 Å². The molecule has 2 fully saturated rings. The van der Waals surface area contributed by atoms with Crippen molar-refractivity contribution in [2.24, 2.45) is 0 Å². The van der Waals surface area contributed by atoms with Crippen molar-refractivity contribution in [1.82, 2.24) is 14.9 Å². The van der Waals surface area contributed by atoms with Gasteiger partial charge >= 0.3 is 0 Å². The molecule has 1 aromatic carbocycles. The Hall–Kier alpha value is -2.04. The Kier molecular flexibility index (Phi) is 6.08. The highest BCUT2D eigenvalue weighted by Crippen LogP contribution is 2.27. The second kappa shape index (κ2) is 8.32. The van der Waals surface area contributed by atoms with Gasteiger partial charge in [0.05, 0.1) is 9.82 Å². The van der Waals surface area contributed by atoms with E-state index >= 15 is 0 Å². The lowest BCUT2D eigenvalue weighted by Crippen LogP contribution is -2.54. The van der Waals surface area contributed by atoms with Gasteiger partial charge in [-0.25, -0.2) is 8.42 Å². The summed E-state index contributed by atoms with van der Waals surface area (Å²) in [4.78, 5) is 22.9. The number of hydrogen-bond acceptors (Lipinski definition) is 6. The number of carbonyl (C=O) groups excluding carboxylic acids is 1. The number of hydrogen-bond donors (Lipinski definition) is 2. The highest BCUT2D eigenvalue weighted by Gasteiger charge is 2.38. The molecule has 2 heterocycles. The molecule has 0 spiro atoms. The molecule has 9 nitrogen and oxygen atoms in total. The molecule has 0 radical (unpaired) electrons. The summed E-state index contributed by atoms with van der Waals surface area (Å²) >= 11 is 0. The van der Waals surface area contributed by atoms with Crippen LogP contribution in [0.2, 0.25) is 0 Å². The van der Waals surface area contributed by atoms with E-state index in [9.17, 15) is 23.3 Å². The Balaban J connectivity index is 1.78. The fourth-order valence-corrected chi connectivity index (χ4v) is 5.25. The van der Waals surface area contributed by atoms with Crippen LogP contribution in [-0.4, -0.2) is 55.3 Å². The number of rotatable bonds is 5. The van der Waals surface area contributed by atoms with E-state index in [1.165, 1.54) is 28.6 Å². The van der Waals surface area contributed by atoms with E-state index in [4.69, 9.17) is 0 Å². The minimum Gasteiger partial charge on any atom is -0.352 e. The van der Waals surface area contributed by atoms with E-state index in [2.05, 4.69) is 10.6 Å². The van der Waals surface area contributed by atoms with E-state index in [-0.39, 0.29) is 29.1 Å². The van der Waals surface area contributed by atoms with Crippen molar-refractivity contribution in [3.05, 3.63) is 34.4 Å². The van der Waals surface area contributed by atoms with Gasteiger partial charge in [0.25, 0.3) is 5.69 Å². The predicted molar refractivity (Wildman–Crippen MR) is 98.7 cm³/mol. The highest BCUT2D eigenvalue weighted by atomic mass is 32.2. The second-order valence-electron chi connectivity index (χ2n) is 6.91. The molecule has 2 aliphatic rings. The standard InChI is InChI=1S/C17H24N4O5S/c22-17(19-13-8-10-18-11-9-13)16-3-1-2-12-20(16)27(25,26)15-6-4-14(5-7-15)21(23)24/h4-7,13,16,18H,1-3,8-12H2,(H,19,22). The van der Waals surface area contributed by atoms with Crippen molar-refractivity contribution < 1.29 is 18.1 Å². The lowest BCUT2D eigenvalue weighted by molar-refractivity contribution is -0.384. The number of carbonyl (C=O) groups is 1. The number of sulfonamides is 1. The zero-order valence-corrected chi connectivity index (χ0v) is 15.8. The number of nitro groups is 1. The van der Waals surface area contributed by atoms with Crippen LogP contribution in [0.25, 0.3) is 0 Å². The Morgan fingerprint density at radius 2 is 1.81 bits per heavy atom. The highest BCUT2D eigenvalue weighted by molar-refractivity contribution is 7.89. The average molecular weight is 396 g/mol. The molecule has 1 unspecified atom stereocenters. The predicted octanol–water partition coefficient (Wildman–Crippen LogP) is 1.01. The molecule has 0 aromatic heterocycles. The SMILES string of the molecule is O=C(NC1CCNCC1)C1CCCCN1S(=O)(=O)c1ccc([N+](=O)[O-])cc1. The van der Waals surface area contributed by atoms with Gasteiger partial charge in [0.2, 0.25) is 15.9 Å². The quantitative estimate of drug-likeness (QED) is 0.566. The first-order chi connectivity index (χ1) is 12.9. The zero-order chi connectivity index (χ0) is 19.4. The zero-order valence-electron chi connectivity index (χ0n) is 15.0. The molecular weight excluding hydrogens is 372 g/mol. The molecule has 148 valence electrons. The lowest BCUT2D eigenvalue weighted by atomic mass is 10.0. The third-order valence-corrected chi connectivity index (χ3v) is 7.02. The summed E-state index contributed by atoms with van der Waals surface area (Å²) in [5.41, 5.74) is -0.173. The van der Waals surface area contributed by atoms with Gasteiger partial charge in [-0.15, -0.1) is 0 Å². The van der Waals surface area contributed by atoms with E-state index in [0.717, 1.165) is 32.4 Å². The maximum absolute atomic E-state index is 13.0. The van der Waals surface area contributed by atoms with Gasteiger partial charge in [-0.2, -0.15) is 4.31 Å². The van der Waals surface area contributed by atoms with Crippen LogP contribution in [0.1, 0.15) is 32.1 Å². The summed E-state index contributed by atoms with van der Waals surface area (Å²) in [6.07, 6.45) is 3.60. The topological polar surface area (TPSA) is 122 Å². The Morgan fingerprint density at radius 3 is 2.44 bits per heavy atom. The first kappa shape index (κ1) is 19.7. The average Bonchev–Trinajstić information content (AvgIpc) is 2.69. The molecule has 1 atom stereocenters.